The number of halogens is 4. The second-order valence-corrected chi connectivity index (χ2v) is 5.00. The lowest BCUT2D eigenvalue weighted by molar-refractivity contribution is -0.137. The molecule has 1 aromatic heterocycles. The maximum Gasteiger partial charge on any atom is 0.416 e. The molecule has 6 nitrogen and oxygen atoms in total. The summed E-state index contributed by atoms with van der Waals surface area (Å²) >= 11 is 0. The first kappa shape index (κ1) is 16.7. The molecule has 10 heteroatoms. The molecule has 0 aliphatic rings. The minimum absolute atomic E-state index is 0.0339. The molecule has 0 aliphatic heterocycles. The molecule has 0 bridgehead atoms. The number of hydrogen-bond donors (Lipinski definition) is 1. The Balaban J connectivity index is 1.71. The van der Waals surface area contributed by atoms with Gasteiger partial charge in [-0.05, 0) is 41.6 Å². The summed E-state index contributed by atoms with van der Waals surface area (Å²) in [6, 6.07) is 8.05. The molecule has 0 unspecified atom stereocenters. The van der Waals surface area contributed by atoms with Crippen LogP contribution < -0.4 is 10.2 Å². The number of nitrogens with one attached hydrogen (secondary N) is 1. The molecule has 1 N–H and O–H groups in total. The quantitative estimate of drug-likeness (QED) is 0.732. The minimum atomic E-state index is -4.53. The van der Waals surface area contributed by atoms with E-state index < -0.39 is 30.1 Å². The van der Waals surface area contributed by atoms with Crippen molar-refractivity contribution in [3.05, 3.63) is 53.8 Å². The van der Waals surface area contributed by atoms with Gasteiger partial charge in [-0.15, -0.1) is 5.10 Å². The summed E-state index contributed by atoms with van der Waals surface area (Å²) < 4.78 is 51.3. The molecule has 1 heterocycles. The molecular weight excluding hydrogens is 344 g/mol. The fourth-order valence-electron chi connectivity index (χ4n) is 2.05. The van der Waals surface area contributed by atoms with Crippen LogP contribution in [0, 0.1) is 5.82 Å². The average molecular weight is 354 g/mol. The Hall–Kier alpha value is -3.17. The zero-order valence-corrected chi connectivity index (χ0v) is 12.4. The van der Waals surface area contributed by atoms with Gasteiger partial charge in [-0.1, -0.05) is 10.9 Å². The van der Waals surface area contributed by atoms with Crippen LogP contribution in [0.1, 0.15) is 5.56 Å². The van der Waals surface area contributed by atoms with Crippen LogP contribution in [0.4, 0.5) is 23.2 Å². The van der Waals surface area contributed by atoms with Crippen LogP contribution in [0.5, 0.6) is 0 Å². The summed E-state index contributed by atoms with van der Waals surface area (Å²) in [5, 5.41) is 9.59. The summed E-state index contributed by atoms with van der Waals surface area (Å²) in [7, 11) is 0. The zero-order valence-electron chi connectivity index (χ0n) is 12.4. The topological polar surface area (TPSA) is 69.0 Å². The van der Waals surface area contributed by atoms with E-state index >= 15 is 0 Å². The Morgan fingerprint density at radius 2 is 2.00 bits per heavy atom. The van der Waals surface area contributed by atoms with E-state index in [1.165, 1.54) is 18.2 Å². The third-order valence-corrected chi connectivity index (χ3v) is 3.17. The van der Waals surface area contributed by atoms with Gasteiger partial charge in [-0.2, -0.15) is 13.2 Å². The number of carbonyl (C=O) groups excluding carboxylic acids is 1. The monoisotopic (exact) mass is 354 g/mol. The largest absolute Gasteiger partial charge is 0.416 e. The lowest BCUT2D eigenvalue weighted by Gasteiger charge is -2.08. The Kier molecular flexibility index (Phi) is 4.26. The third-order valence-electron chi connectivity index (χ3n) is 3.17. The second-order valence-electron chi connectivity index (χ2n) is 5.00. The molecule has 0 fully saturated rings. The van der Waals surface area contributed by atoms with Gasteiger partial charge in [0.1, 0.15) is 16.9 Å². The molecule has 0 saturated heterocycles. The van der Waals surface area contributed by atoms with Gasteiger partial charge in [-0.3, -0.25) is 4.79 Å². The van der Waals surface area contributed by atoms with E-state index in [0.29, 0.717) is 0 Å². The third kappa shape index (κ3) is 3.84. The van der Waals surface area contributed by atoms with Crippen LogP contribution in [-0.4, -0.2) is 27.7 Å². The minimum Gasteiger partial charge on any atom is -0.385 e. The molecule has 0 aliphatic carbocycles. The molecular formula is C15H10F4N4O2. The summed E-state index contributed by atoms with van der Waals surface area (Å²) in [6.07, 6.45) is -4.53. The summed E-state index contributed by atoms with van der Waals surface area (Å²) in [4.78, 5) is 17.6. The Morgan fingerprint density at radius 1 is 1.20 bits per heavy atom. The van der Waals surface area contributed by atoms with E-state index in [9.17, 15) is 22.4 Å². The van der Waals surface area contributed by atoms with Crippen molar-refractivity contribution in [3.63, 3.8) is 0 Å². The average Bonchev–Trinajstić information content (AvgIpc) is 2.94. The fourth-order valence-corrected chi connectivity index (χ4v) is 2.05. The highest BCUT2D eigenvalue weighted by Gasteiger charge is 2.31. The molecule has 0 spiro atoms. The van der Waals surface area contributed by atoms with Crippen molar-refractivity contribution in [2.45, 2.75) is 6.18 Å². The Morgan fingerprint density at radius 3 is 2.72 bits per heavy atom. The first-order valence-corrected chi connectivity index (χ1v) is 6.94. The van der Waals surface area contributed by atoms with Crippen molar-refractivity contribution in [1.82, 2.24) is 15.2 Å². The van der Waals surface area contributed by atoms with Crippen molar-refractivity contribution in [2.24, 2.45) is 0 Å². The second kappa shape index (κ2) is 6.38. The maximum atomic E-state index is 13.0. The van der Waals surface area contributed by atoms with Crippen molar-refractivity contribution in [2.75, 3.05) is 11.9 Å². The number of fused-ring (bicyclic) bond motifs is 1. The Bertz CT molecular complexity index is 923. The number of aromatic nitrogens is 3. The number of amides is 1. The predicted molar refractivity (Wildman–Crippen MR) is 79.0 cm³/mol. The van der Waals surface area contributed by atoms with Crippen LogP contribution >= 0.6 is 0 Å². The van der Waals surface area contributed by atoms with Gasteiger partial charge in [0, 0.05) is 5.69 Å². The molecule has 1 amide bonds. The van der Waals surface area contributed by atoms with Gasteiger partial charge in [0.25, 0.3) is 5.91 Å². The van der Waals surface area contributed by atoms with E-state index in [2.05, 4.69) is 15.6 Å². The number of rotatable bonds is 4. The highest BCUT2D eigenvalue weighted by Crippen LogP contribution is 2.30. The predicted octanol–water partition coefficient (Wildman–Crippen LogP) is 2.66. The summed E-state index contributed by atoms with van der Waals surface area (Å²) in [6.45, 7) is -0.550. The first-order valence-electron chi connectivity index (χ1n) is 6.94. The highest BCUT2D eigenvalue weighted by atomic mass is 19.4. The van der Waals surface area contributed by atoms with Gasteiger partial charge in [0.2, 0.25) is 0 Å². The van der Waals surface area contributed by atoms with Gasteiger partial charge >= 0.3 is 6.18 Å². The number of hydrogen-bond acceptors (Lipinski definition) is 4. The lowest BCUT2D eigenvalue weighted by Crippen LogP contribution is -2.26. The smallest absolute Gasteiger partial charge is 0.385 e. The zero-order chi connectivity index (χ0) is 18.0. The molecule has 130 valence electrons. The molecule has 0 radical (unpaired) electrons. The standard InChI is InChI=1S/C15H10F4N4O2/c16-10-2-1-3-11(7-10)20-14(24)8-25-23-13-6-9(15(17,18)19)4-5-12(13)21-22-23/h1-7H,8H2,(H,20,24). The summed E-state index contributed by atoms with van der Waals surface area (Å²) in [5.41, 5.74) is -0.528. The highest BCUT2D eigenvalue weighted by molar-refractivity contribution is 5.91. The van der Waals surface area contributed by atoms with Gasteiger partial charge in [0.05, 0.1) is 5.56 Å². The van der Waals surface area contributed by atoms with E-state index in [-0.39, 0.29) is 16.7 Å². The molecule has 0 atom stereocenters. The lowest BCUT2D eigenvalue weighted by atomic mass is 10.2. The number of alkyl halides is 3. The number of benzene rings is 2. The molecule has 3 rings (SSSR count). The van der Waals surface area contributed by atoms with Crippen LogP contribution in [0.15, 0.2) is 42.5 Å². The number of carbonyl (C=O) groups is 1. The maximum absolute atomic E-state index is 13.0. The summed E-state index contributed by atoms with van der Waals surface area (Å²) in [5.74, 6) is -1.16. The van der Waals surface area contributed by atoms with Crippen LogP contribution in [0.2, 0.25) is 0 Å². The van der Waals surface area contributed by atoms with Crippen LogP contribution in [0.25, 0.3) is 11.0 Å². The van der Waals surface area contributed by atoms with E-state index in [4.69, 9.17) is 4.84 Å². The van der Waals surface area contributed by atoms with Crippen LogP contribution in [-0.2, 0) is 11.0 Å². The molecule has 2 aromatic carbocycles. The molecule has 0 saturated carbocycles. The SMILES string of the molecule is O=C(COn1nnc2ccc(C(F)(F)F)cc21)Nc1cccc(F)c1. The van der Waals surface area contributed by atoms with Gasteiger partial charge < -0.3 is 10.2 Å². The normalized spacial score (nSPS) is 11.5. The van der Waals surface area contributed by atoms with Gasteiger partial charge in [0.15, 0.2) is 6.61 Å². The Labute approximate surface area is 138 Å². The first-order chi connectivity index (χ1) is 11.8. The van der Waals surface area contributed by atoms with Crippen molar-refractivity contribution in [3.8, 4) is 0 Å². The molecule has 25 heavy (non-hydrogen) atoms. The van der Waals surface area contributed by atoms with Crippen molar-refractivity contribution >= 4 is 22.6 Å². The van der Waals surface area contributed by atoms with E-state index in [1.807, 2.05) is 0 Å². The van der Waals surface area contributed by atoms with Crippen molar-refractivity contribution in [1.29, 1.82) is 0 Å². The van der Waals surface area contributed by atoms with E-state index in [1.54, 1.807) is 0 Å². The van der Waals surface area contributed by atoms with Gasteiger partial charge in [-0.25, -0.2) is 4.39 Å². The number of anilines is 1. The van der Waals surface area contributed by atoms with Crippen molar-refractivity contribution < 1.29 is 27.2 Å². The van der Waals surface area contributed by atoms with E-state index in [0.717, 1.165) is 29.1 Å². The van der Waals surface area contributed by atoms with Crippen LogP contribution in [0.3, 0.4) is 0 Å². The number of nitrogens with zero attached hydrogens (tertiary/aromatic N) is 3. The molecule has 3 aromatic rings. The fraction of sp³-hybridized carbons (Fsp3) is 0.133.